The summed E-state index contributed by atoms with van der Waals surface area (Å²) in [4.78, 5) is 38.2. The number of aromatic nitrogens is 2. The minimum atomic E-state index is -3.98. The van der Waals surface area contributed by atoms with E-state index in [1.165, 1.54) is 12.3 Å². The first-order valence-electron chi connectivity index (χ1n) is 11.7. The third-order valence-electron chi connectivity index (χ3n) is 6.66. The van der Waals surface area contributed by atoms with Crippen molar-refractivity contribution in [3.05, 3.63) is 33.1 Å². The van der Waals surface area contributed by atoms with Crippen molar-refractivity contribution in [2.75, 3.05) is 13.2 Å². The summed E-state index contributed by atoms with van der Waals surface area (Å²) in [5.41, 5.74) is 3.93. The zero-order valence-electron chi connectivity index (χ0n) is 19.3. The fourth-order valence-electron chi connectivity index (χ4n) is 4.67. The third-order valence-corrected chi connectivity index (χ3v) is 8.11. The number of nitrogens with one attached hydrogen (secondary N) is 1. The van der Waals surface area contributed by atoms with Crippen molar-refractivity contribution in [2.24, 2.45) is 11.7 Å². The van der Waals surface area contributed by atoms with Crippen LogP contribution in [0, 0.1) is 5.92 Å². The number of carbonyl (C=O) groups excluding carboxylic acids is 1. The molecule has 1 unspecified atom stereocenters. The van der Waals surface area contributed by atoms with Gasteiger partial charge in [0.05, 0.1) is 24.7 Å². The first kappa shape index (κ1) is 25.3. The maximum absolute atomic E-state index is 13.1. The van der Waals surface area contributed by atoms with E-state index in [4.69, 9.17) is 28.8 Å². The molecule has 3 aliphatic rings. The minimum Gasteiger partial charge on any atom is -0.462 e. The molecule has 2 aliphatic heterocycles. The summed E-state index contributed by atoms with van der Waals surface area (Å²) in [6.07, 6.45) is 3.47. The summed E-state index contributed by atoms with van der Waals surface area (Å²) in [5.74, 6) is -0.648. The average Bonchev–Trinajstić information content (AvgIpc) is 3.37. The maximum atomic E-state index is 13.1. The van der Waals surface area contributed by atoms with E-state index in [1.807, 2.05) is 6.92 Å². The zero-order valence-corrected chi connectivity index (χ0v) is 20.2. The second-order valence-corrected chi connectivity index (χ2v) is 10.9. The SMILES string of the molecule is CCC(CCO[P@@]1(=O)OC[C@H]2O[C@@H](n3ccc(=O)[nH]c3=O)[C@](C)(N)[C@@H]2O1)C(=O)OC1CCCC1. The highest BCUT2D eigenvalue weighted by Crippen LogP contribution is 2.58. The summed E-state index contributed by atoms with van der Waals surface area (Å²) >= 11 is 0. The number of phosphoric ester groups is 1. The molecule has 0 spiro atoms. The van der Waals surface area contributed by atoms with Gasteiger partial charge in [-0.05, 0) is 45.4 Å². The van der Waals surface area contributed by atoms with Gasteiger partial charge in [-0.2, -0.15) is 0 Å². The van der Waals surface area contributed by atoms with E-state index in [1.54, 1.807) is 6.92 Å². The minimum absolute atomic E-state index is 0.0183. The highest BCUT2D eigenvalue weighted by atomic mass is 31.2. The molecule has 3 fully saturated rings. The molecule has 6 atom stereocenters. The molecule has 1 aliphatic carbocycles. The molecule has 3 N–H and O–H groups in total. The van der Waals surface area contributed by atoms with Crippen LogP contribution < -0.4 is 17.0 Å². The predicted molar refractivity (Wildman–Crippen MR) is 119 cm³/mol. The molecular formula is C21H32N3O9P. The van der Waals surface area contributed by atoms with Crippen molar-refractivity contribution in [1.29, 1.82) is 0 Å². The van der Waals surface area contributed by atoms with Gasteiger partial charge in [-0.25, -0.2) is 9.36 Å². The maximum Gasteiger partial charge on any atom is 0.475 e. The normalized spacial score (nSPS) is 34.6. The third kappa shape index (κ3) is 5.22. The van der Waals surface area contributed by atoms with E-state index in [0.717, 1.165) is 30.3 Å². The van der Waals surface area contributed by atoms with E-state index >= 15 is 0 Å². The molecule has 3 heterocycles. The van der Waals surface area contributed by atoms with Crippen LogP contribution in [-0.4, -0.2) is 52.6 Å². The van der Waals surface area contributed by atoms with Crippen molar-refractivity contribution in [2.45, 2.75) is 82.5 Å². The van der Waals surface area contributed by atoms with Crippen LogP contribution in [0.5, 0.6) is 0 Å². The van der Waals surface area contributed by atoms with Gasteiger partial charge >= 0.3 is 19.5 Å². The van der Waals surface area contributed by atoms with Crippen molar-refractivity contribution < 1.29 is 32.4 Å². The van der Waals surface area contributed by atoms with Gasteiger partial charge in [-0.1, -0.05) is 6.92 Å². The number of ether oxygens (including phenoxy) is 2. The number of nitrogens with two attached hydrogens (primary N) is 1. The zero-order chi connectivity index (χ0) is 24.5. The monoisotopic (exact) mass is 501 g/mol. The summed E-state index contributed by atoms with van der Waals surface area (Å²) in [6.45, 7) is 3.33. The van der Waals surface area contributed by atoms with Crippen LogP contribution in [0.1, 0.15) is 58.6 Å². The summed E-state index contributed by atoms with van der Waals surface area (Å²) in [7, 11) is -3.98. The van der Waals surface area contributed by atoms with Crippen molar-refractivity contribution in [3.63, 3.8) is 0 Å². The van der Waals surface area contributed by atoms with Gasteiger partial charge in [-0.3, -0.25) is 32.7 Å². The van der Waals surface area contributed by atoms with Crippen LogP contribution in [0.3, 0.4) is 0 Å². The number of H-pyrrole nitrogens is 1. The standard InChI is InChI=1S/C21H32N3O9P/c1-3-13(18(26)31-14-6-4-5-7-14)9-11-29-34(28)30-12-15-17(33-34)21(2,22)19(32-15)24-10-8-16(25)23-20(24)27/h8,10,13-15,17,19H,3-7,9,11-12,22H2,1-2H3,(H,23,25,27)/t13?,15-,17-,19-,21-,34+/m1/s1. The van der Waals surface area contributed by atoms with Crippen LogP contribution >= 0.6 is 7.82 Å². The van der Waals surface area contributed by atoms with Crippen LogP contribution in [0.4, 0.5) is 0 Å². The first-order valence-corrected chi connectivity index (χ1v) is 13.1. The lowest BCUT2D eigenvalue weighted by Crippen LogP contribution is -2.55. The fourth-order valence-corrected chi connectivity index (χ4v) is 6.17. The summed E-state index contributed by atoms with van der Waals surface area (Å²) in [5, 5.41) is 0. The van der Waals surface area contributed by atoms with Gasteiger partial charge < -0.3 is 15.2 Å². The summed E-state index contributed by atoms with van der Waals surface area (Å²) in [6, 6.07) is 1.18. The molecular weight excluding hydrogens is 469 g/mol. The highest BCUT2D eigenvalue weighted by molar-refractivity contribution is 7.48. The lowest BCUT2D eigenvalue weighted by Gasteiger charge is -2.35. The predicted octanol–water partition coefficient (Wildman–Crippen LogP) is 1.59. The molecule has 0 aromatic carbocycles. The van der Waals surface area contributed by atoms with Gasteiger partial charge in [0.2, 0.25) is 0 Å². The van der Waals surface area contributed by atoms with Crippen LogP contribution in [0.2, 0.25) is 0 Å². The second-order valence-electron chi connectivity index (χ2n) is 9.25. The quantitative estimate of drug-likeness (QED) is 0.395. The number of hydrogen-bond acceptors (Lipinski definition) is 10. The molecule has 1 aromatic heterocycles. The van der Waals surface area contributed by atoms with E-state index in [9.17, 15) is 18.9 Å². The number of rotatable bonds is 8. The van der Waals surface area contributed by atoms with Crippen LogP contribution in [0.15, 0.2) is 21.9 Å². The van der Waals surface area contributed by atoms with Gasteiger partial charge in [0.1, 0.15) is 18.3 Å². The summed E-state index contributed by atoms with van der Waals surface area (Å²) < 4.78 is 42.2. The Morgan fingerprint density at radius 1 is 1.38 bits per heavy atom. The van der Waals surface area contributed by atoms with Crippen LogP contribution in [0.25, 0.3) is 0 Å². The van der Waals surface area contributed by atoms with Gasteiger partial charge in [0, 0.05) is 12.3 Å². The topological polar surface area (TPSA) is 161 Å². The molecule has 190 valence electrons. The number of aromatic amines is 1. The van der Waals surface area contributed by atoms with E-state index in [-0.39, 0.29) is 31.2 Å². The van der Waals surface area contributed by atoms with Gasteiger partial charge in [0.15, 0.2) is 6.23 Å². The van der Waals surface area contributed by atoms with E-state index < -0.39 is 43.0 Å². The molecule has 0 radical (unpaired) electrons. The number of fused-ring (bicyclic) bond motifs is 1. The molecule has 0 bridgehead atoms. The Morgan fingerprint density at radius 3 is 2.79 bits per heavy atom. The van der Waals surface area contributed by atoms with Gasteiger partial charge in [-0.15, -0.1) is 0 Å². The highest BCUT2D eigenvalue weighted by Gasteiger charge is 2.59. The number of carbonyl (C=O) groups is 1. The number of esters is 1. The van der Waals surface area contributed by atoms with Crippen molar-refractivity contribution in [3.8, 4) is 0 Å². The smallest absolute Gasteiger partial charge is 0.462 e. The Bertz CT molecular complexity index is 1050. The molecule has 1 aromatic rings. The molecule has 2 saturated heterocycles. The van der Waals surface area contributed by atoms with Crippen molar-refractivity contribution >= 4 is 13.8 Å². The van der Waals surface area contributed by atoms with Crippen LogP contribution in [-0.2, 0) is 32.4 Å². The molecule has 0 amide bonds. The Labute approximate surface area is 196 Å². The fraction of sp³-hybridized carbons (Fsp3) is 0.762. The Morgan fingerprint density at radius 2 is 2.12 bits per heavy atom. The number of phosphoric acid groups is 1. The first-order chi connectivity index (χ1) is 16.1. The Balaban J connectivity index is 1.36. The Hall–Kier alpha value is -1.82. The molecule has 1 saturated carbocycles. The van der Waals surface area contributed by atoms with E-state index in [2.05, 4.69) is 4.98 Å². The Kier molecular flexibility index (Phi) is 7.47. The lowest BCUT2D eigenvalue weighted by atomic mass is 9.93. The second kappa shape index (κ2) is 10.0. The van der Waals surface area contributed by atoms with E-state index in [0.29, 0.717) is 12.8 Å². The largest absolute Gasteiger partial charge is 0.475 e. The molecule has 4 rings (SSSR count). The number of hydrogen-bond donors (Lipinski definition) is 2. The number of nitrogens with zero attached hydrogens (tertiary/aromatic N) is 1. The average molecular weight is 501 g/mol. The molecule has 34 heavy (non-hydrogen) atoms. The lowest BCUT2D eigenvalue weighted by molar-refractivity contribution is -0.154. The molecule has 13 heteroatoms. The van der Waals surface area contributed by atoms with Crippen molar-refractivity contribution in [1.82, 2.24) is 9.55 Å². The molecule has 12 nitrogen and oxygen atoms in total. The van der Waals surface area contributed by atoms with Gasteiger partial charge in [0.25, 0.3) is 5.56 Å².